The minimum atomic E-state index is -0.380. The molecule has 0 fully saturated rings. The second kappa shape index (κ2) is 3.92. The van der Waals surface area contributed by atoms with Crippen molar-refractivity contribution in [2.45, 2.75) is 26.4 Å². The first-order valence-electron chi connectivity index (χ1n) is 5.06. The number of hydrogen-bond donors (Lipinski definition) is 0. The van der Waals surface area contributed by atoms with Gasteiger partial charge in [0.1, 0.15) is 6.10 Å². The average Bonchev–Trinajstić information content (AvgIpc) is 2.64. The van der Waals surface area contributed by atoms with Gasteiger partial charge in [-0.3, -0.25) is 10.1 Å². The maximum Gasteiger partial charge on any atom is 0.272 e. The molecule has 1 aliphatic heterocycles. The molecule has 1 atom stereocenters. The van der Waals surface area contributed by atoms with Gasteiger partial charge in [-0.15, -0.1) is 0 Å². The predicted molar refractivity (Wildman–Crippen MR) is 59.5 cm³/mol. The first-order chi connectivity index (χ1) is 7.58. The SMILES string of the molecule is Cc1cc(C2=NOC(C)C2)ccc1[N+](=O)[O-]. The zero-order chi connectivity index (χ0) is 11.7. The van der Waals surface area contributed by atoms with Crippen molar-refractivity contribution in [1.29, 1.82) is 0 Å². The topological polar surface area (TPSA) is 64.7 Å². The standard InChI is InChI=1S/C11H12N2O3/c1-7-5-9(3-4-11(7)13(14)15)10-6-8(2)16-12-10/h3-5,8H,6H2,1-2H3. The molecule has 84 valence electrons. The summed E-state index contributed by atoms with van der Waals surface area (Å²) < 4.78 is 0. The molecular formula is C11H12N2O3. The smallest absolute Gasteiger partial charge is 0.272 e. The Kier molecular flexibility index (Phi) is 2.60. The molecule has 0 amide bonds. The van der Waals surface area contributed by atoms with Crippen LogP contribution in [0.25, 0.3) is 0 Å². The molecule has 0 spiro atoms. The predicted octanol–water partition coefficient (Wildman–Crippen LogP) is 2.42. The van der Waals surface area contributed by atoms with E-state index in [1.165, 1.54) is 6.07 Å². The summed E-state index contributed by atoms with van der Waals surface area (Å²) in [6.07, 6.45) is 0.836. The van der Waals surface area contributed by atoms with Crippen LogP contribution in [0.5, 0.6) is 0 Å². The van der Waals surface area contributed by atoms with Crippen molar-refractivity contribution in [2.24, 2.45) is 5.16 Å². The van der Waals surface area contributed by atoms with Crippen molar-refractivity contribution in [1.82, 2.24) is 0 Å². The van der Waals surface area contributed by atoms with E-state index in [2.05, 4.69) is 5.16 Å². The van der Waals surface area contributed by atoms with Gasteiger partial charge in [0.05, 0.1) is 10.6 Å². The molecule has 0 aliphatic carbocycles. The van der Waals surface area contributed by atoms with Crippen molar-refractivity contribution >= 4 is 11.4 Å². The third-order valence-electron chi connectivity index (χ3n) is 2.55. The summed E-state index contributed by atoms with van der Waals surface area (Å²) in [6, 6.07) is 5.00. The van der Waals surface area contributed by atoms with Crippen LogP contribution in [-0.2, 0) is 4.84 Å². The summed E-state index contributed by atoms with van der Waals surface area (Å²) in [5, 5.41) is 14.6. The average molecular weight is 220 g/mol. The van der Waals surface area contributed by atoms with Gasteiger partial charge in [-0.05, 0) is 26.0 Å². The molecule has 0 bridgehead atoms. The van der Waals surface area contributed by atoms with Crippen LogP contribution in [0, 0.1) is 17.0 Å². The molecule has 0 radical (unpaired) electrons. The molecule has 1 aromatic carbocycles. The maximum atomic E-state index is 10.7. The summed E-state index contributed by atoms with van der Waals surface area (Å²) in [5.41, 5.74) is 2.53. The van der Waals surface area contributed by atoms with Gasteiger partial charge in [0.15, 0.2) is 0 Å². The number of oxime groups is 1. The number of aryl methyl sites for hydroxylation is 1. The van der Waals surface area contributed by atoms with Gasteiger partial charge in [-0.2, -0.15) is 0 Å². The van der Waals surface area contributed by atoms with Crippen molar-refractivity contribution in [3.05, 3.63) is 39.4 Å². The Morgan fingerprint density at radius 1 is 1.56 bits per heavy atom. The van der Waals surface area contributed by atoms with E-state index < -0.39 is 0 Å². The summed E-state index contributed by atoms with van der Waals surface area (Å²) in [6.45, 7) is 3.66. The molecule has 5 heteroatoms. The van der Waals surface area contributed by atoms with E-state index in [0.717, 1.165) is 17.7 Å². The van der Waals surface area contributed by atoms with Crippen molar-refractivity contribution in [2.75, 3.05) is 0 Å². The zero-order valence-electron chi connectivity index (χ0n) is 9.14. The Morgan fingerprint density at radius 3 is 2.81 bits per heavy atom. The molecule has 1 heterocycles. The number of rotatable bonds is 2. The van der Waals surface area contributed by atoms with Crippen molar-refractivity contribution in [3.63, 3.8) is 0 Å². The normalized spacial score (nSPS) is 19.1. The van der Waals surface area contributed by atoms with Gasteiger partial charge < -0.3 is 4.84 Å². The van der Waals surface area contributed by atoms with E-state index in [4.69, 9.17) is 4.84 Å². The van der Waals surface area contributed by atoms with Crippen LogP contribution in [0.15, 0.2) is 23.4 Å². The lowest BCUT2D eigenvalue weighted by atomic mass is 10.0. The van der Waals surface area contributed by atoms with E-state index in [1.807, 2.05) is 6.92 Å². The highest BCUT2D eigenvalue weighted by Crippen LogP contribution is 2.22. The summed E-state index contributed by atoms with van der Waals surface area (Å²) in [5.74, 6) is 0. The van der Waals surface area contributed by atoms with Crippen LogP contribution in [0.2, 0.25) is 0 Å². The fraction of sp³-hybridized carbons (Fsp3) is 0.364. The summed E-state index contributed by atoms with van der Waals surface area (Å²) in [7, 11) is 0. The lowest BCUT2D eigenvalue weighted by Crippen LogP contribution is -2.04. The van der Waals surface area contributed by atoms with Crippen LogP contribution < -0.4 is 0 Å². The quantitative estimate of drug-likeness (QED) is 0.567. The van der Waals surface area contributed by atoms with Gasteiger partial charge in [0.2, 0.25) is 0 Å². The fourth-order valence-electron chi connectivity index (χ4n) is 1.71. The summed E-state index contributed by atoms with van der Waals surface area (Å²) in [4.78, 5) is 15.4. The second-order valence-electron chi connectivity index (χ2n) is 3.92. The number of nitro benzene ring substituents is 1. The van der Waals surface area contributed by atoms with Gasteiger partial charge in [0.25, 0.3) is 5.69 Å². The Labute approximate surface area is 92.9 Å². The molecule has 1 unspecified atom stereocenters. The molecule has 5 nitrogen and oxygen atoms in total. The van der Waals surface area contributed by atoms with Crippen LogP contribution in [-0.4, -0.2) is 16.7 Å². The molecular weight excluding hydrogens is 208 g/mol. The number of nitrogens with zero attached hydrogens (tertiary/aromatic N) is 2. The van der Waals surface area contributed by atoms with E-state index in [1.54, 1.807) is 19.1 Å². The first-order valence-corrected chi connectivity index (χ1v) is 5.06. The minimum absolute atomic E-state index is 0.0884. The number of hydrogen-bond acceptors (Lipinski definition) is 4. The number of benzene rings is 1. The Hall–Kier alpha value is -1.91. The van der Waals surface area contributed by atoms with Crippen molar-refractivity contribution < 1.29 is 9.76 Å². The molecule has 0 saturated carbocycles. The van der Waals surface area contributed by atoms with E-state index in [-0.39, 0.29) is 16.7 Å². The molecule has 1 aliphatic rings. The minimum Gasteiger partial charge on any atom is -0.392 e. The lowest BCUT2D eigenvalue weighted by molar-refractivity contribution is -0.385. The number of nitro groups is 1. The highest BCUT2D eigenvalue weighted by molar-refractivity contribution is 6.01. The molecule has 0 N–H and O–H groups in total. The van der Waals surface area contributed by atoms with E-state index in [0.29, 0.717) is 5.56 Å². The Morgan fingerprint density at radius 2 is 2.31 bits per heavy atom. The third kappa shape index (κ3) is 1.88. The first kappa shape index (κ1) is 10.6. The Balaban J connectivity index is 2.32. The zero-order valence-corrected chi connectivity index (χ0v) is 9.14. The molecule has 2 rings (SSSR count). The van der Waals surface area contributed by atoms with Crippen LogP contribution in [0.3, 0.4) is 0 Å². The third-order valence-corrected chi connectivity index (χ3v) is 2.55. The fourth-order valence-corrected chi connectivity index (χ4v) is 1.71. The van der Waals surface area contributed by atoms with Crippen LogP contribution >= 0.6 is 0 Å². The highest BCUT2D eigenvalue weighted by atomic mass is 16.6. The van der Waals surface area contributed by atoms with Gasteiger partial charge in [-0.25, -0.2) is 0 Å². The maximum absolute atomic E-state index is 10.7. The monoisotopic (exact) mass is 220 g/mol. The van der Waals surface area contributed by atoms with Crippen molar-refractivity contribution in [3.8, 4) is 0 Å². The largest absolute Gasteiger partial charge is 0.392 e. The lowest BCUT2D eigenvalue weighted by Gasteiger charge is -2.01. The van der Waals surface area contributed by atoms with Gasteiger partial charge in [-0.1, -0.05) is 5.16 Å². The van der Waals surface area contributed by atoms with E-state index in [9.17, 15) is 10.1 Å². The van der Waals surface area contributed by atoms with Gasteiger partial charge in [0, 0.05) is 23.6 Å². The Bertz CT molecular complexity index is 468. The molecule has 0 aromatic heterocycles. The van der Waals surface area contributed by atoms with Gasteiger partial charge >= 0.3 is 0 Å². The molecule has 1 aromatic rings. The van der Waals surface area contributed by atoms with Crippen LogP contribution in [0.1, 0.15) is 24.5 Å². The van der Waals surface area contributed by atoms with E-state index >= 15 is 0 Å². The van der Waals surface area contributed by atoms with Crippen LogP contribution in [0.4, 0.5) is 5.69 Å². The second-order valence-corrected chi connectivity index (χ2v) is 3.92. The highest BCUT2D eigenvalue weighted by Gasteiger charge is 2.19. The molecule has 0 saturated heterocycles. The summed E-state index contributed by atoms with van der Waals surface area (Å²) >= 11 is 0. The molecule has 16 heavy (non-hydrogen) atoms.